The van der Waals surface area contributed by atoms with Gasteiger partial charge in [-0.3, -0.25) is 0 Å². The Morgan fingerprint density at radius 1 is 1.25 bits per heavy atom. The predicted molar refractivity (Wildman–Crippen MR) is 78.2 cm³/mol. The second-order valence-corrected chi connectivity index (χ2v) is 6.37. The van der Waals surface area contributed by atoms with E-state index in [0.29, 0.717) is 19.6 Å². The Hall–Kier alpha value is -0.880. The molecule has 1 heterocycles. The lowest BCUT2D eigenvalue weighted by Gasteiger charge is -2.41. The van der Waals surface area contributed by atoms with E-state index in [1.54, 1.807) is 23.9 Å². The van der Waals surface area contributed by atoms with Crippen molar-refractivity contribution in [1.82, 2.24) is 0 Å². The topological polar surface area (TPSA) is 29.3 Å². The van der Waals surface area contributed by atoms with Crippen LogP contribution in [0, 0.1) is 0 Å². The lowest BCUT2D eigenvalue weighted by atomic mass is 9.95. The Kier molecular flexibility index (Phi) is 4.54. The average molecular weight is 304 g/mol. The number of para-hydroxylation sites is 1. The van der Waals surface area contributed by atoms with Gasteiger partial charge in [-0.1, -0.05) is 12.1 Å². The van der Waals surface area contributed by atoms with Gasteiger partial charge >= 0.3 is 6.18 Å². The number of alkyl halides is 3. The third-order valence-electron chi connectivity index (χ3n) is 4.03. The van der Waals surface area contributed by atoms with E-state index >= 15 is 0 Å². The van der Waals surface area contributed by atoms with Crippen molar-refractivity contribution < 1.29 is 13.2 Å². The highest BCUT2D eigenvalue weighted by Crippen LogP contribution is 2.40. The van der Waals surface area contributed by atoms with Crippen molar-refractivity contribution in [2.24, 2.45) is 5.73 Å². The molecule has 2 rings (SSSR count). The monoisotopic (exact) mass is 304 g/mol. The van der Waals surface area contributed by atoms with Gasteiger partial charge in [-0.05, 0) is 31.2 Å². The molecule has 0 bridgehead atoms. The molecule has 0 aromatic heterocycles. The van der Waals surface area contributed by atoms with Crippen molar-refractivity contribution in [1.29, 1.82) is 0 Å². The molecule has 0 radical (unpaired) electrons. The van der Waals surface area contributed by atoms with E-state index in [1.165, 1.54) is 6.07 Å². The van der Waals surface area contributed by atoms with Gasteiger partial charge in [-0.25, -0.2) is 0 Å². The summed E-state index contributed by atoms with van der Waals surface area (Å²) < 4.78 is 39.1. The lowest BCUT2D eigenvalue weighted by Crippen LogP contribution is -2.47. The molecule has 0 saturated carbocycles. The fourth-order valence-electron chi connectivity index (χ4n) is 2.64. The molecule has 0 spiro atoms. The first kappa shape index (κ1) is 15.5. The van der Waals surface area contributed by atoms with E-state index in [-0.39, 0.29) is 10.4 Å². The molecule has 1 aromatic carbocycles. The van der Waals surface area contributed by atoms with Crippen LogP contribution in [0.1, 0.15) is 18.4 Å². The minimum absolute atomic E-state index is 0.0175. The first-order chi connectivity index (χ1) is 9.42. The molecular weight excluding hydrogens is 285 g/mol. The van der Waals surface area contributed by atoms with Crippen LogP contribution in [0.4, 0.5) is 18.9 Å². The molecule has 1 fully saturated rings. The number of halogens is 3. The maximum atomic E-state index is 13.0. The summed E-state index contributed by atoms with van der Waals surface area (Å²) in [6.45, 7) is 1.80. The lowest BCUT2D eigenvalue weighted by molar-refractivity contribution is -0.137. The summed E-state index contributed by atoms with van der Waals surface area (Å²) in [4.78, 5) is 1.83. The number of nitrogens with zero attached hydrogens (tertiary/aromatic N) is 1. The molecule has 2 N–H and O–H groups in total. The number of nitrogens with two attached hydrogens (primary N) is 1. The minimum atomic E-state index is -4.31. The van der Waals surface area contributed by atoms with E-state index in [1.807, 2.05) is 11.2 Å². The number of hydrogen-bond acceptors (Lipinski definition) is 3. The molecule has 112 valence electrons. The SMILES string of the molecule is CSC1(CN)CCN(c2ccccc2C(F)(F)F)CC1. The van der Waals surface area contributed by atoms with Crippen molar-refractivity contribution in [2.75, 3.05) is 30.8 Å². The normalized spacial score (nSPS) is 19.1. The van der Waals surface area contributed by atoms with E-state index < -0.39 is 11.7 Å². The van der Waals surface area contributed by atoms with E-state index in [2.05, 4.69) is 0 Å². The Morgan fingerprint density at radius 3 is 2.35 bits per heavy atom. The van der Waals surface area contributed by atoms with Crippen LogP contribution in [0.15, 0.2) is 24.3 Å². The van der Waals surface area contributed by atoms with E-state index in [0.717, 1.165) is 18.9 Å². The van der Waals surface area contributed by atoms with Gasteiger partial charge in [0, 0.05) is 30.1 Å². The van der Waals surface area contributed by atoms with Crippen LogP contribution >= 0.6 is 11.8 Å². The zero-order valence-corrected chi connectivity index (χ0v) is 12.2. The Labute approximate surface area is 121 Å². The van der Waals surface area contributed by atoms with E-state index in [9.17, 15) is 13.2 Å². The van der Waals surface area contributed by atoms with Crippen LogP contribution in [0.5, 0.6) is 0 Å². The first-order valence-electron chi connectivity index (χ1n) is 6.58. The van der Waals surface area contributed by atoms with Crippen LogP contribution < -0.4 is 10.6 Å². The number of rotatable bonds is 3. The molecule has 0 amide bonds. The maximum Gasteiger partial charge on any atom is 0.418 e. The van der Waals surface area contributed by atoms with Crippen LogP contribution in [0.3, 0.4) is 0 Å². The summed E-state index contributed by atoms with van der Waals surface area (Å²) in [5, 5.41) is 0. The quantitative estimate of drug-likeness (QED) is 0.928. The van der Waals surface area contributed by atoms with Gasteiger partial charge < -0.3 is 10.6 Å². The third-order valence-corrected chi connectivity index (χ3v) is 5.47. The van der Waals surface area contributed by atoms with Crippen LogP contribution in [0.25, 0.3) is 0 Å². The molecule has 1 saturated heterocycles. The minimum Gasteiger partial charge on any atom is -0.371 e. The van der Waals surface area contributed by atoms with Crippen molar-refractivity contribution in [3.8, 4) is 0 Å². The summed E-state index contributed by atoms with van der Waals surface area (Å²) in [6.07, 6.45) is -0.654. The molecule has 2 nitrogen and oxygen atoms in total. The second-order valence-electron chi connectivity index (χ2n) is 5.09. The zero-order chi connectivity index (χ0) is 14.8. The van der Waals surface area contributed by atoms with Gasteiger partial charge in [0.05, 0.1) is 5.56 Å². The Balaban J connectivity index is 2.19. The molecule has 6 heteroatoms. The summed E-state index contributed by atoms with van der Waals surface area (Å²) in [7, 11) is 0. The molecule has 0 aliphatic carbocycles. The smallest absolute Gasteiger partial charge is 0.371 e. The van der Waals surface area contributed by atoms with Gasteiger partial charge in [0.25, 0.3) is 0 Å². The number of benzene rings is 1. The molecule has 1 aliphatic rings. The largest absolute Gasteiger partial charge is 0.418 e. The van der Waals surface area contributed by atoms with Crippen LogP contribution in [-0.2, 0) is 6.18 Å². The van der Waals surface area contributed by atoms with Gasteiger partial charge in [0.15, 0.2) is 0 Å². The molecule has 1 aromatic rings. The standard InChI is InChI=1S/C14H19F3N2S/c1-20-13(10-18)6-8-19(9-7-13)12-5-3-2-4-11(12)14(15,16)17/h2-5H,6-10,18H2,1H3. The van der Waals surface area contributed by atoms with Gasteiger partial charge in [-0.2, -0.15) is 24.9 Å². The van der Waals surface area contributed by atoms with Crippen molar-refractivity contribution in [2.45, 2.75) is 23.8 Å². The summed E-state index contributed by atoms with van der Waals surface area (Å²) >= 11 is 1.73. The molecule has 0 atom stereocenters. The molecular formula is C14H19F3N2S. The van der Waals surface area contributed by atoms with Crippen molar-refractivity contribution in [3.63, 3.8) is 0 Å². The third kappa shape index (κ3) is 3.06. The van der Waals surface area contributed by atoms with Crippen LogP contribution in [-0.4, -0.2) is 30.6 Å². The van der Waals surface area contributed by atoms with Crippen molar-refractivity contribution >= 4 is 17.4 Å². The summed E-state index contributed by atoms with van der Waals surface area (Å²) in [5.74, 6) is 0. The number of piperidine rings is 1. The first-order valence-corrected chi connectivity index (χ1v) is 7.81. The van der Waals surface area contributed by atoms with E-state index in [4.69, 9.17) is 5.73 Å². The average Bonchev–Trinajstić information content (AvgIpc) is 2.46. The Morgan fingerprint density at radius 2 is 1.85 bits per heavy atom. The highest BCUT2D eigenvalue weighted by atomic mass is 32.2. The Bertz CT molecular complexity index is 448. The van der Waals surface area contributed by atoms with Crippen molar-refractivity contribution in [3.05, 3.63) is 29.8 Å². The van der Waals surface area contributed by atoms with Gasteiger partial charge in [-0.15, -0.1) is 0 Å². The highest BCUT2D eigenvalue weighted by Gasteiger charge is 2.37. The summed E-state index contributed by atoms with van der Waals surface area (Å²) in [6, 6.07) is 5.79. The molecule has 1 aliphatic heterocycles. The zero-order valence-electron chi connectivity index (χ0n) is 11.4. The number of hydrogen-bond donors (Lipinski definition) is 1. The fourth-order valence-corrected chi connectivity index (χ4v) is 3.39. The maximum absolute atomic E-state index is 13.0. The molecule has 20 heavy (non-hydrogen) atoms. The number of thioether (sulfide) groups is 1. The highest BCUT2D eigenvalue weighted by molar-refractivity contribution is 8.00. The molecule has 0 unspecified atom stereocenters. The van der Waals surface area contributed by atoms with Gasteiger partial charge in [0.2, 0.25) is 0 Å². The summed E-state index contributed by atoms with van der Waals surface area (Å²) in [5.41, 5.74) is 5.55. The predicted octanol–water partition coefficient (Wildman–Crippen LogP) is 3.37. The number of anilines is 1. The van der Waals surface area contributed by atoms with Gasteiger partial charge in [0.1, 0.15) is 0 Å². The van der Waals surface area contributed by atoms with Crippen LogP contribution in [0.2, 0.25) is 0 Å². The fraction of sp³-hybridized carbons (Fsp3) is 0.571. The second kappa shape index (κ2) is 5.85.